The molecule has 10 atom stereocenters. The Bertz CT molecular complexity index is 1830. The number of nitrogens with one attached hydrogen (secondary N) is 8. The van der Waals surface area contributed by atoms with Crippen molar-refractivity contribution >= 4 is 83.8 Å². The number of nitrogens with zero attached hydrogens (tertiary/aromatic N) is 2. The van der Waals surface area contributed by atoms with Crippen LogP contribution in [0.4, 0.5) is 0 Å². The molecule has 2 saturated heterocycles. The SMILES string of the molecule is C[C@@H](O)[C@H](NC(=O)[C@@H]1CCCN1)C(=O)N[C@H](C(=O)N[C@@H](CCCN=C(N)N)C(=O)NCC(=O)N[C@@H](CC(=O)O)C(=O)N[C@@H](CS)C(=O)N1CCC[C@H]1C(=O)N[C@@H](CC(=O)O)C(=O)O)[C@@H](C)O. The molecule has 0 aromatic heterocycles. The van der Waals surface area contributed by atoms with Gasteiger partial charge in [0.05, 0.1) is 37.6 Å². The number of carbonyl (C=O) groups is 11. The van der Waals surface area contributed by atoms with Gasteiger partial charge in [0.1, 0.15) is 42.3 Å². The van der Waals surface area contributed by atoms with Crippen molar-refractivity contribution in [3.8, 4) is 0 Å². The van der Waals surface area contributed by atoms with Gasteiger partial charge in [0, 0.05) is 18.8 Å². The molecule has 2 fully saturated rings. The zero-order chi connectivity index (χ0) is 49.8. The third-order valence-corrected chi connectivity index (χ3v) is 10.5. The van der Waals surface area contributed by atoms with E-state index in [0.29, 0.717) is 19.4 Å². The Kier molecular flexibility index (Phi) is 23.0. The van der Waals surface area contributed by atoms with Crippen LogP contribution in [0.1, 0.15) is 65.2 Å². The number of aliphatic hydroxyl groups excluding tert-OH is 2. The van der Waals surface area contributed by atoms with Gasteiger partial charge in [0.25, 0.3) is 0 Å². The number of aliphatic carboxylic acids is 3. The minimum atomic E-state index is -1.86. The molecule has 0 aromatic rings. The topological polar surface area (TPSA) is 453 Å². The second-order valence-corrected chi connectivity index (χ2v) is 15.8. The van der Waals surface area contributed by atoms with Gasteiger partial charge in [0.15, 0.2) is 5.96 Å². The summed E-state index contributed by atoms with van der Waals surface area (Å²) in [5.41, 5.74) is 10.7. The van der Waals surface area contributed by atoms with Crippen molar-refractivity contribution in [1.29, 1.82) is 0 Å². The Balaban J connectivity index is 2.17. The first-order valence-electron chi connectivity index (χ1n) is 20.8. The molecular formula is C37H60N12O16S. The van der Waals surface area contributed by atoms with Crippen molar-refractivity contribution in [3.63, 3.8) is 0 Å². The van der Waals surface area contributed by atoms with Gasteiger partial charge in [-0.2, -0.15) is 12.6 Å². The molecular weight excluding hydrogens is 901 g/mol. The van der Waals surface area contributed by atoms with Gasteiger partial charge < -0.3 is 84.4 Å². The fourth-order valence-corrected chi connectivity index (χ4v) is 7.02. The van der Waals surface area contributed by atoms with Crippen LogP contribution in [0.2, 0.25) is 0 Å². The lowest BCUT2D eigenvalue weighted by Crippen LogP contribution is -2.62. The maximum absolute atomic E-state index is 13.5. The maximum atomic E-state index is 13.5. The highest BCUT2D eigenvalue weighted by molar-refractivity contribution is 7.80. The second kappa shape index (κ2) is 27.2. The molecule has 0 bridgehead atoms. The van der Waals surface area contributed by atoms with E-state index in [1.807, 2.05) is 0 Å². The molecule has 0 aliphatic carbocycles. The molecule has 0 unspecified atom stereocenters. The molecule has 28 nitrogen and oxygen atoms in total. The predicted molar refractivity (Wildman–Crippen MR) is 230 cm³/mol. The smallest absolute Gasteiger partial charge is 0.326 e. The average Bonchev–Trinajstić information content (AvgIpc) is 3.96. The lowest BCUT2D eigenvalue weighted by molar-refractivity contribution is -0.148. The van der Waals surface area contributed by atoms with E-state index in [2.05, 4.69) is 60.2 Å². The van der Waals surface area contributed by atoms with Crippen molar-refractivity contribution in [2.45, 2.75) is 126 Å². The molecule has 0 aromatic carbocycles. The highest BCUT2D eigenvalue weighted by atomic mass is 32.1. The third-order valence-electron chi connectivity index (χ3n) is 10.2. The highest BCUT2D eigenvalue weighted by Gasteiger charge is 2.40. The van der Waals surface area contributed by atoms with Crippen LogP contribution in [0.3, 0.4) is 0 Å². The normalized spacial score (nSPS) is 19.1. The van der Waals surface area contributed by atoms with Gasteiger partial charge in [-0.05, 0) is 58.9 Å². The van der Waals surface area contributed by atoms with Gasteiger partial charge in [-0.3, -0.25) is 52.9 Å². The second-order valence-electron chi connectivity index (χ2n) is 15.5. The summed E-state index contributed by atoms with van der Waals surface area (Å²) in [5, 5.41) is 67.3. The van der Waals surface area contributed by atoms with Crippen LogP contribution >= 0.6 is 12.6 Å². The number of amides is 8. The van der Waals surface area contributed by atoms with Crippen LogP contribution in [0, 0.1) is 0 Å². The standard InChI is InChI=1S/C37H60N12O16S/c1-16(50)27(48-34(62)28(17(2)51)47-30(58)18-6-3-9-40-18)33(61)44-19(7-4-10-41-37(38)39)29(57)42-14-24(52)43-20(12-25(53)54)31(59)46-22(15-66)35(63)49-11-5-8-23(49)32(60)45-21(36(64)65)13-26(55)56/h16-23,27-28,40,50-51,66H,3-15H2,1-2H3,(H,42,57)(H,43,52)(H,44,61)(H,45,60)(H,46,59)(H,47,58)(H,48,62)(H,53,54)(H,55,56)(H,64,65)(H4,38,39,41)/t16-,17-,18+,19+,20+,21+,22+,23+,27+,28+/m1/s1. The molecule has 8 amide bonds. The Morgan fingerprint density at radius 3 is 1.85 bits per heavy atom. The summed E-state index contributed by atoms with van der Waals surface area (Å²) in [5.74, 6) is -13.3. The summed E-state index contributed by atoms with van der Waals surface area (Å²) < 4.78 is 0. The summed E-state index contributed by atoms with van der Waals surface area (Å²) in [4.78, 5) is 145. The number of carboxylic acid groups (broad SMARTS) is 3. The van der Waals surface area contributed by atoms with E-state index in [4.69, 9.17) is 16.6 Å². The van der Waals surface area contributed by atoms with Crippen molar-refractivity contribution in [2.75, 3.05) is 31.9 Å². The van der Waals surface area contributed by atoms with Crippen LogP contribution in [0.25, 0.3) is 0 Å². The zero-order valence-corrected chi connectivity index (χ0v) is 37.1. The average molecular weight is 961 g/mol. The number of hydrogen-bond acceptors (Lipinski definition) is 16. The molecule has 66 heavy (non-hydrogen) atoms. The van der Waals surface area contributed by atoms with Gasteiger partial charge in [0.2, 0.25) is 47.3 Å². The Labute approximate surface area is 383 Å². The number of aliphatic imine (C=N–C) groups is 1. The molecule has 0 spiro atoms. The number of thiol groups is 1. The van der Waals surface area contributed by atoms with Crippen LogP contribution < -0.4 is 54.0 Å². The molecule has 370 valence electrons. The van der Waals surface area contributed by atoms with Crippen LogP contribution in [-0.2, 0) is 52.7 Å². The number of aliphatic hydroxyl groups is 2. The number of rotatable bonds is 27. The molecule has 2 heterocycles. The van der Waals surface area contributed by atoms with E-state index in [0.717, 1.165) is 11.8 Å². The number of hydrogen-bond donors (Lipinski definition) is 16. The fraction of sp³-hybridized carbons (Fsp3) is 0.676. The third kappa shape index (κ3) is 18.3. The minimum Gasteiger partial charge on any atom is -0.481 e. The fourth-order valence-electron chi connectivity index (χ4n) is 6.77. The summed E-state index contributed by atoms with van der Waals surface area (Å²) >= 11 is 4.09. The van der Waals surface area contributed by atoms with Crippen molar-refractivity contribution < 1.29 is 78.3 Å². The number of carbonyl (C=O) groups excluding carboxylic acids is 8. The van der Waals surface area contributed by atoms with Gasteiger partial charge >= 0.3 is 17.9 Å². The van der Waals surface area contributed by atoms with E-state index in [9.17, 15) is 73.2 Å². The van der Waals surface area contributed by atoms with Gasteiger partial charge in [-0.15, -0.1) is 0 Å². The van der Waals surface area contributed by atoms with E-state index in [-0.39, 0.29) is 44.7 Å². The predicted octanol–water partition coefficient (Wildman–Crippen LogP) is -7.47. The summed E-state index contributed by atoms with van der Waals surface area (Å²) in [7, 11) is 0. The molecule has 2 aliphatic rings. The molecule has 2 rings (SSSR count). The summed E-state index contributed by atoms with van der Waals surface area (Å²) in [6.07, 6.45) is -3.65. The number of nitrogens with two attached hydrogens (primary N) is 2. The van der Waals surface area contributed by atoms with Crippen LogP contribution in [-0.4, -0.2) is 194 Å². The van der Waals surface area contributed by atoms with Gasteiger partial charge in [-0.1, -0.05) is 0 Å². The van der Waals surface area contributed by atoms with E-state index < -0.39 is 151 Å². The molecule has 17 N–H and O–H groups in total. The van der Waals surface area contributed by atoms with Crippen molar-refractivity contribution in [2.24, 2.45) is 16.5 Å². The maximum Gasteiger partial charge on any atom is 0.326 e. The zero-order valence-electron chi connectivity index (χ0n) is 36.2. The molecule has 0 saturated carbocycles. The largest absolute Gasteiger partial charge is 0.481 e. The van der Waals surface area contributed by atoms with Crippen molar-refractivity contribution in [1.82, 2.24) is 47.4 Å². The number of likely N-dealkylation sites (tertiary alicyclic amines) is 1. The van der Waals surface area contributed by atoms with Gasteiger partial charge in [-0.25, -0.2) is 4.79 Å². The first-order valence-corrected chi connectivity index (χ1v) is 21.4. The molecule has 2 aliphatic heterocycles. The summed E-state index contributed by atoms with van der Waals surface area (Å²) in [6.45, 7) is 1.95. The first kappa shape index (κ1) is 55.8. The lowest BCUT2D eigenvalue weighted by atomic mass is 10.1. The van der Waals surface area contributed by atoms with Crippen molar-refractivity contribution in [3.05, 3.63) is 0 Å². The van der Waals surface area contributed by atoms with E-state index in [1.165, 1.54) is 6.92 Å². The highest BCUT2D eigenvalue weighted by Crippen LogP contribution is 2.20. The monoisotopic (exact) mass is 960 g/mol. The Morgan fingerprint density at radius 2 is 1.30 bits per heavy atom. The Hall–Kier alpha value is -6.33. The number of guanidine groups is 1. The van der Waals surface area contributed by atoms with E-state index >= 15 is 0 Å². The molecule has 29 heteroatoms. The lowest BCUT2D eigenvalue weighted by Gasteiger charge is -2.29. The quantitative estimate of drug-likeness (QED) is 0.0157. The molecule has 0 radical (unpaired) electrons. The van der Waals surface area contributed by atoms with Crippen LogP contribution in [0.5, 0.6) is 0 Å². The summed E-state index contributed by atoms with van der Waals surface area (Å²) in [6, 6.07) is -11.9. The minimum absolute atomic E-state index is 0.0317. The Morgan fingerprint density at radius 1 is 0.712 bits per heavy atom. The number of carboxylic acids is 3. The van der Waals surface area contributed by atoms with E-state index in [1.54, 1.807) is 0 Å². The first-order chi connectivity index (χ1) is 31.0. The van der Waals surface area contributed by atoms with Crippen LogP contribution in [0.15, 0.2) is 4.99 Å².